The van der Waals surface area contributed by atoms with E-state index in [1.807, 2.05) is 60.7 Å². The summed E-state index contributed by atoms with van der Waals surface area (Å²) in [6.45, 7) is 0. The maximum absolute atomic E-state index is 12.0. The highest BCUT2D eigenvalue weighted by atomic mass is 32.2. The smallest absolute Gasteiger partial charge is 0.234 e. The molecule has 3 nitrogen and oxygen atoms in total. The maximum Gasteiger partial charge on any atom is 0.234 e. The van der Waals surface area contributed by atoms with Crippen molar-refractivity contribution in [2.45, 2.75) is 4.90 Å². The van der Waals surface area contributed by atoms with Crippen molar-refractivity contribution < 1.29 is 4.79 Å². The predicted molar refractivity (Wildman–Crippen MR) is 94.2 cm³/mol. The van der Waals surface area contributed by atoms with Gasteiger partial charge in [0.1, 0.15) is 0 Å². The van der Waals surface area contributed by atoms with E-state index in [2.05, 4.69) is 11.4 Å². The molecule has 0 saturated heterocycles. The number of amides is 1. The largest absolute Gasteiger partial charge is 0.399 e. The third-order valence-electron chi connectivity index (χ3n) is 3.28. The van der Waals surface area contributed by atoms with Gasteiger partial charge in [0, 0.05) is 16.3 Å². The number of carbonyl (C=O) groups is 1. The molecule has 22 heavy (non-hydrogen) atoms. The fourth-order valence-electron chi connectivity index (χ4n) is 2.18. The Morgan fingerprint density at radius 3 is 2.45 bits per heavy atom. The normalized spacial score (nSPS) is 10.5. The molecule has 3 N–H and O–H groups in total. The minimum absolute atomic E-state index is 0.0166. The van der Waals surface area contributed by atoms with Crippen molar-refractivity contribution in [3.8, 4) is 0 Å². The van der Waals surface area contributed by atoms with Crippen LogP contribution in [0.2, 0.25) is 0 Å². The Bertz CT molecular complexity index is 800. The summed E-state index contributed by atoms with van der Waals surface area (Å²) >= 11 is 1.49. The minimum Gasteiger partial charge on any atom is -0.399 e. The van der Waals surface area contributed by atoms with E-state index in [4.69, 9.17) is 5.73 Å². The highest BCUT2D eigenvalue weighted by Gasteiger charge is 2.04. The molecule has 0 heterocycles. The number of carbonyl (C=O) groups excluding carboxylic acids is 1. The molecular weight excluding hydrogens is 292 g/mol. The molecule has 0 spiro atoms. The van der Waals surface area contributed by atoms with Gasteiger partial charge in [0.15, 0.2) is 0 Å². The van der Waals surface area contributed by atoms with Gasteiger partial charge in [-0.15, -0.1) is 11.8 Å². The van der Waals surface area contributed by atoms with Crippen molar-refractivity contribution >= 4 is 39.8 Å². The zero-order valence-electron chi connectivity index (χ0n) is 12.0. The van der Waals surface area contributed by atoms with Gasteiger partial charge in [-0.2, -0.15) is 0 Å². The Morgan fingerprint density at radius 1 is 0.955 bits per heavy atom. The number of nitrogen functional groups attached to an aromatic ring is 1. The summed E-state index contributed by atoms with van der Waals surface area (Å²) in [5, 5.41) is 5.21. The summed E-state index contributed by atoms with van der Waals surface area (Å²) in [6, 6.07) is 21.5. The lowest BCUT2D eigenvalue weighted by atomic mass is 10.1. The zero-order chi connectivity index (χ0) is 15.4. The van der Waals surface area contributed by atoms with E-state index in [0.29, 0.717) is 5.75 Å². The lowest BCUT2D eigenvalue weighted by Crippen LogP contribution is -2.13. The Kier molecular flexibility index (Phi) is 4.30. The van der Waals surface area contributed by atoms with Crippen molar-refractivity contribution in [1.82, 2.24) is 0 Å². The van der Waals surface area contributed by atoms with Gasteiger partial charge in [0.2, 0.25) is 5.91 Å². The van der Waals surface area contributed by atoms with Gasteiger partial charge in [-0.3, -0.25) is 4.79 Å². The number of nitrogens with one attached hydrogen (secondary N) is 1. The molecule has 0 unspecified atom stereocenters. The number of hydrogen-bond acceptors (Lipinski definition) is 3. The molecule has 3 aromatic rings. The van der Waals surface area contributed by atoms with E-state index >= 15 is 0 Å². The molecular formula is C18H16N2OS. The fraction of sp³-hybridized carbons (Fsp3) is 0.0556. The third kappa shape index (κ3) is 3.59. The molecule has 4 heteroatoms. The summed E-state index contributed by atoms with van der Waals surface area (Å²) in [7, 11) is 0. The average Bonchev–Trinajstić information content (AvgIpc) is 2.54. The number of thioether (sulfide) groups is 1. The first kappa shape index (κ1) is 14.5. The van der Waals surface area contributed by atoms with Crippen molar-refractivity contribution in [3.63, 3.8) is 0 Å². The molecule has 0 aliphatic heterocycles. The number of fused-ring (bicyclic) bond motifs is 1. The van der Waals surface area contributed by atoms with Gasteiger partial charge in [-0.05, 0) is 47.2 Å². The molecule has 0 aromatic heterocycles. The second-order valence-corrected chi connectivity index (χ2v) is 6.02. The van der Waals surface area contributed by atoms with Crippen LogP contribution in [0.25, 0.3) is 10.8 Å². The van der Waals surface area contributed by atoms with Gasteiger partial charge in [0.25, 0.3) is 0 Å². The van der Waals surface area contributed by atoms with E-state index in [1.54, 1.807) is 0 Å². The zero-order valence-corrected chi connectivity index (χ0v) is 12.8. The number of anilines is 2. The van der Waals surface area contributed by atoms with Gasteiger partial charge in [-0.1, -0.05) is 30.3 Å². The molecule has 1 amide bonds. The van der Waals surface area contributed by atoms with E-state index < -0.39 is 0 Å². The van der Waals surface area contributed by atoms with E-state index in [-0.39, 0.29) is 5.91 Å². The summed E-state index contributed by atoms with van der Waals surface area (Å²) in [4.78, 5) is 13.1. The van der Waals surface area contributed by atoms with Crippen LogP contribution in [-0.4, -0.2) is 11.7 Å². The summed E-state index contributed by atoms with van der Waals surface area (Å²) in [6.07, 6.45) is 0. The first-order chi connectivity index (χ1) is 10.7. The van der Waals surface area contributed by atoms with Crippen LogP contribution < -0.4 is 11.1 Å². The summed E-state index contributed by atoms with van der Waals surface area (Å²) in [5.74, 6) is 0.355. The Balaban J connectivity index is 1.61. The van der Waals surface area contributed by atoms with Crippen LogP contribution in [0.5, 0.6) is 0 Å². The molecule has 0 bridgehead atoms. The number of nitrogens with two attached hydrogens (primary N) is 1. The Hall–Kier alpha value is -2.46. The van der Waals surface area contributed by atoms with E-state index in [9.17, 15) is 4.79 Å². The van der Waals surface area contributed by atoms with Crippen molar-refractivity contribution in [2.24, 2.45) is 0 Å². The van der Waals surface area contributed by atoms with Crippen molar-refractivity contribution in [2.75, 3.05) is 16.8 Å². The van der Waals surface area contributed by atoms with E-state index in [1.165, 1.54) is 11.8 Å². The quantitative estimate of drug-likeness (QED) is 0.562. The fourth-order valence-corrected chi connectivity index (χ4v) is 2.88. The highest BCUT2D eigenvalue weighted by Crippen LogP contribution is 2.21. The summed E-state index contributed by atoms with van der Waals surface area (Å²) in [5.41, 5.74) is 7.19. The average molecular weight is 308 g/mol. The van der Waals surface area contributed by atoms with Crippen LogP contribution in [0.15, 0.2) is 71.6 Å². The Labute approximate surface area is 133 Å². The second kappa shape index (κ2) is 6.54. The van der Waals surface area contributed by atoms with Crippen LogP contribution in [0.4, 0.5) is 11.4 Å². The predicted octanol–water partition coefficient (Wildman–Crippen LogP) is 4.15. The molecule has 0 saturated carbocycles. The monoisotopic (exact) mass is 308 g/mol. The standard InChI is InChI=1S/C18H16N2OS/c19-15-6-9-17(10-7-15)22-12-18(21)20-16-8-5-13-3-1-2-4-14(13)11-16/h1-11H,12,19H2,(H,20,21). The molecule has 0 radical (unpaired) electrons. The van der Waals surface area contributed by atoms with Crippen LogP contribution in [-0.2, 0) is 4.79 Å². The van der Waals surface area contributed by atoms with Crippen LogP contribution in [0.3, 0.4) is 0 Å². The number of rotatable bonds is 4. The third-order valence-corrected chi connectivity index (χ3v) is 4.30. The lowest BCUT2D eigenvalue weighted by Gasteiger charge is -2.07. The first-order valence-corrected chi connectivity index (χ1v) is 7.96. The molecule has 0 aliphatic carbocycles. The molecule has 0 aliphatic rings. The molecule has 110 valence electrons. The van der Waals surface area contributed by atoms with Crippen LogP contribution in [0, 0.1) is 0 Å². The molecule has 3 aromatic carbocycles. The first-order valence-electron chi connectivity index (χ1n) is 6.98. The molecule has 0 fully saturated rings. The number of hydrogen-bond donors (Lipinski definition) is 2. The molecule has 3 rings (SSSR count). The number of benzene rings is 3. The summed E-state index contributed by atoms with van der Waals surface area (Å²) < 4.78 is 0. The van der Waals surface area contributed by atoms with Crippen LogP contribution >= 0.6 is 11.8 Å². The SMILES string of the molecule is Nc1ccc(SCC(=O)Nc2ccc3ccccc3c2)cc1. The topological polar surface area (TPSA) is 55.1 Å². The van der Waals surface area contributed by atoms with Crippen LogP contribution in [0.1, 0.15) is 0 Å². The molecule has 0 atom stereocenters. The van der Waals surface area contributed by atoms with Gasteiger partial charge in [0.05, 0.1) is 5.75 Å². The van der Waals surface area contributed by atoms with Gasteiger partial charge in [-0.25, -0.2) is 0 Å². The van der Waals surface area contributed by atoms with Gasteiger partial charge >= 0.3 is 0 Å². The van der Waals surface area contributed by atoms with Crippen molar-refractivity contribution in [3.05, 3.63) is 66.7 Å². The second-order valence-electron chi connectivity index (χ2n) is 4.97. The Morgan fingerprint density at radius 2 is 1.68 bits per heavy atom. The minimum atomic E-state index is -0.0166. The van der Waals surface area contributed by atoms with Crippen molar-refractivity contribution in [1.29, 1.82) is 0 Å². The highest BCUT2D eigenvalue weighted by molar-refractivity contribution is 8.00. The van der Waals surface area contributed by atoms with Gasteiger partial charge < -0.3 is 11.1 Å². The lowest BCUT2D eigenvalue weighted by molar-refractivity contribution is -0.113. The van der Waals surface area contributed by atoms with E-state index in [0.717, 1.165) is 27.0 Å². The maximum atomic E-state index is 12.0.